The monoisotopic (exact) mass is 596 g/mol. The molecule has 0 aromatic rings. The zero-order valence-corrected chi connectivity index (χ0v) is 26.9. The van der Waals surface area contributed by atoms with Crippen molar-refractivity contribution in [3.8, 4) is 0 Å². The molecule has 3 N–H and O–H groups in total. The van der Waals surface area contributed by atoms with Crippen LogP contribution in [0.2, 0.25) is 0 Å². The maximum atomic E-state index is 11.8. The number of rotatable bonds is 23. The minimum absolute atomic E-state index is 0.0518. The molecule has 9 atom stereocenters. The summed E-state index contributed by atoms with van der Waals surface area (Å²) in [7, 11) is 0. The van der Waals surface area contributed by atoms with Crippen LogP contribution in [0, 0.1) is 5.92 Å². The maximum Gasteiger partial charge on any atom is 0.312 e. The lowest BCUT2D eigenvalue weighted by Crippen LogP contribution is -2.33. The summed E-state index contributed by atoms with van der Waals surface area (Å²) < 4.78 is 17.7. The normalized spacial score (nSPS) is 31.1. The second kappa shape index (κ2) is 20.3. The van der Waals surface area contributed by atoms with Crippen molar-refractivity contribution in [1.82, 2.24) is 0 Å². The summed E-state index contributed by atoms with van der Waals surface area (Å²) in [4.78, 5) is 11.8. The van der Waals surface area contributed by atoms with Crippen LogP contribution in [-0.2, 0) is 19.0 Å². The van der Waals surface area contributed by atoms with E-state index in [0.717, 1.165) is 83.5 Å². The molecule has 3 rings (SSSR count). The van der Waals surface area contributed by atoms with Crippen LogP contribution >= 0.6 is 0 Å². The average Bonchev–Trinajstić information content (AvgIpc) is 3.72. The molecule has 0 aromatic heterocycles. The van der Waals surface area contributed by atoms with Gasteiger partial charge in [-0.2, -0.15) is 0 Å². The molecule has 246 valence electrons. The van der Waals surface area contributed by atoms with Crippen molar-refractivity contribution < 1.29 is 34.3 Å². The van der Waals surface area contributed by atoms with Gasteiger partial charge in [-0.3, -0.25) is 4.79 Å². The second-order valence-electron chi connectivity index (χ2n) is 13.6. The predicted molar refractivity (Wildman–Crippen MR) is 166 cm³/mol. The Morgan fingerprint density at radius 2 is 1.10 bits per heavy atom. The molecule has 0 spiro atoms. The average molecular weight is 597 g/mol. The highest BCUT2D eigenvalue weighted by Crippen LogP contribution is 2.35. The Kier molecular flexibility index (Phi) is 17.3. The van der Waals surface area contributed by atoms with Crippen LogP contribution in [0.15, 0.2) is 0 Å². The molecule has 3 aliphatic heterocycles. The van der Waals surface area contributed by atoms with Crippen LogP contribution in [0.1, 0.15) is 162 Å². The molecular formula is C35H64O7. The third-order valence-electron chi connectivity index (χ3n) is 10.1. The Balaban J connectivity index is 1.14. The Hall–Kier alpha value is -0.730. The molecule has 7 heteroatoms. The van der Waals surface area contributed by atoms with Crippen molar-refractivity contribution in [3.63, 3.8) is 0 Å². The molecule has 0 aromatic carbocycles. The molecule has 0 unspecified atom stereocenters. The molecule has 7 nitrogen and oxygen atoms in total. The first-order valence-corrected chi connectivity index (χ1v) is 18.0. The van der Waals surface area contributed by atoms with Crippen LogP contribution in [0.4, 0.5) is 0 Å². The first kappa shape index (κ1) is 35.7. The fourth-order valence-corrected chi connectivity index (χ4v) is 7.22. The zero-order valence-electron chi connectivity index (χ0n) is 26.9. The smallest absolute Gasteiger partial charge is 0.312 e. The topological polar surface area (TPSA) is 105 Å². The lowest BCUT2D eigenvalue weighted by atomic mass is 9.95. The minimum Gasteiger partial charge on any atom is -0.460 e. The van der Waals surface area contributed by atoms with Gasteiger partial charge in [-0.15, -0.1) is 0 Å². The standard InChI is InChI=1S/C35H64O7/c1-3-4-5-6-7-11-14-17-20-28(36)30-22-24-32(41-30)33-25-23-31(42-33)29(37)21-18-15-12-9-8-10-13-16-19-27-34(38)26(2)40-35(27)39/h26-34,36-38H,3-25H2,1-2H3/t26-,27+,28-,29-,30+,31+,32+,33+,34+/m0/s1. The van der Waals surface area contributed by atoms with Gasteiger partial charge in [-0.05, 0) is 51.9 Å². The van der Waals surface area contributed by atoms with Crippen LogP contribution in [0.5, 0.6) is 0 Å². The van der Waals surface area contributed by atoms with Crippen molar-refractivity contribution in [2.24, 2.45) is 5.92 Å². The molecule has 0 saturated carbocycles. The summed E-state index contributed by atoms with van der Waals surface area (Å²) in [6, 6.07) is 0. The number of hydrogen-bond acceptors (Lipinski definition) is 7. The van der Waals surface area contributed by atoms with E-state index in [4.69, 9.17) is 14.2 Å². The van der Waals surface area contributed by atoms with Gasteiger partial charge in [-0.1, -0.05) is 110 Å². The van der Waals surface area contributed by atoms with Crippen LogP contribution < -0.4 is 0 Å². The lowest BCUT2D eigenvalue weighted by molar-refractivity contribution is -0.143. The van der Waals surface area contributed by atoms with E-state index in [9.17, 15) is 20.1 Å². The number of carbonyl (C=O) groups is 1. The Labute approximate surface area is 256 Å². The van der Waals surface area contributed by atoms with Gasteiger partial charge in [0.1, 0.15) is 12.2 Å². The summed E-state index contributed by atoms with van der Waals surface area (Å²) in [5.41, 5.74) is 0. The number of cyclic esters (lactones) is 1. The maximum absolute atomic E-state index is 11.8. The first-order valence-electron chi connectivity index (χ1n) is 18.0. The molecule has 42 heavy (non-hydrogen) atoms. The molecule has 0 aliphatic carbocycles. The molecule has 3 fully saturated rings. The van der Waals surface area contributed by atoms with Crippen molar-refractivity contribution in [3.05, 3.63) is 0 Å². The summed E-state index contributed by atoms with van der Waals surface area (Å²) in [5.74, 6) is -0.578. The number of ether oxygens (including phenoxy) is 3. The molecular weight excluding hydrogens is 532 g/mol. The molecule has 0 amide bonds. The van der Waals surface area contributed by atoms with Crippen molar-refractivity contribution in [1.29, 1.82) is 0 Å². The first-order chi connectivity index (χ1) is 20.4. The molecule has 3 aliphatic rings. The van der Waals surface area contributed by atoms with E-state index >= 15 is 0 Å². The van der Waals surface area contributed by atoms with Gasteiger partial charge in [0.25, 0.3) is 0 Å². The van der Waals surface area contributed by atoms with Crippen LogP contribution in [-0.4, -0.2) is 70.1 Å². The summed E-state index contributed by atoms with van der Waals surface area (Å²) in [6.45, 7) is 4.01. The van der Waals surface area contributed by atoms with Crippen LogP contribution in [0.3, 0.4) is 0 Å². The third-order valence-corrected chi connectivity index (χ3v) is 10.1. The van der Waals surface area contributed by atoms with Gasteiger partial charge >= 0.3 is 5.97 Å². The molecule has 0 radical (unpaired) electrons. The van der Waals surface area contributed by atoms with E-state index in [0.29, 0.717) is 0 Å². The fourth-order valence-electron chi connectivity index (χ4n) is 7.22. The summed E-state index contributed by atoms with van der Waals surface area (Å²) >= 11 is 0. The third kappa shape index (κ3) is 12.3. The Bertz CT molecular complexity index is 717. The highest BCUT2D eigenvalue weighted by molar-refractivity contribution is 5.75. The van der Waals surface area contributed by atoms with Crippen molar-refractivity contribution in [2.75, 3.05) is 0 Å². The zero-order chi connectivity index (χ0) is 30.2. The van der Waals surface area contributed by atoms with E-state index in [1.165, 1.54) is 64.2 Å². The van der Waals surface area contributed by atoms with E-state index in [1.807, 2.05) is 0 Å². The van der Waals surface area contributed by atoms with Crippen molar-refractivity contribution in [2.45, 2.75) is 210 Å². The van der Waals surface area contributed by atoms with Gasteiger partial charge in [0.2, 0.25) is 0 Å². The predicted octanol–water partition coefficient (Wildman–Crippen LogP) is 7.16. The van der Waals surface area contributed by atoms with E-state index in [-0.39, 0.29) is 48.5 Å². The summed E-state index contributed by atoms with van der Waals surface area (Å²) in [5, 5.41) is 31.4. The summed E-state index contributed by atoms with van der Waals surface area (Å²) in [6.07, 6.45) is 23.4. The van der Waals surface area contributed by atoms with Gasteiger partial charge in [0, 0.05) is 0 Å². The molecule has 0 bridgehead atoms. The number of aliphatic hydroxyl groups is 3. The van der Waals surface area contributed by atoms with E-state index < -0.39 is 12.2 Å². The Morgan fingerprint density at radius 1 is 0.667 bits per heavy atom. The van der Waals surface area contributed by atoms with Crippen molar-refractivity contribution >= 4 is 5.97 Å². The number of hydrogen-bond donors (Lipinski definition) is 3. The SMILES string of the molecule is CCCCCCCCCC[C@H](O)[C@H]1CC[C@H]([C@H]2CC[C@H]([C@@H](O)CCCCCCCCCC[C@H]3C(=O)O[C@@H](C)[C@H]3O)O2)O1. The van der Waals surface area contributed by atoms with E-state index in [1.54, 1.807) is 6.92 Å². The highest BCUT2D eigenvalue weighted by Gasteiger charge is 2.41. The quantitative estimate of drug-likeness (QED) is 0.0849. The second-order valence-corrected chi connectivity index (χ2v) is 13.6. The Morgan fingerprint density at radius 3 is 1.52 bits per heavy atom. The van der Waals surface area contributed by atoms with Gasteiger partial charge in [-0.25, -0.2) is 0 Å². The molecule has 3 saturated heterocycles. The minimum atomic E-state index is -0.648. The van der Waals surface area contributed by atoms with Gasteiger partial charge in [0.15, 0.2) is 0 Å². The van der Waals surface area contributed by atoms with E-state index in [2.05, 4.69) is 6.92 Å². The number of aliphatic hydroxyl groups excluding tert-OH is 3. The van der Waals surface area contributed by atoms with Gasteiger partial charge < -0.3 is 29.5 Å². The number of carbonyl (C=O) groups excluding carboxylic acids is 1. The molecule has 3 heterocycles. The van der Waals surface area contributed by atoms with Gasteiger partial charge in [0.05, 0.1) is 42.5 Å². The number of esters is 1. The van der Waals surface area contributed by atoms with Crippen LogP contribution in [0.25, 0.3) is 0 Å². The fraction of sp³-hybridized carbons (Fsp3) is 0.971. The largest absolute Gasteiger partial charge is 0.460 e. The lowest BCUT2D eigenvalue weighted by Gasteiger charge is -2.24. The highest BCUT2D eigenvalue weighted by atomic mass is 16.6. The number of unbranched alkanes of at least 4 members (excludes halogenated alkanes) is 14.